The molecule has 3 rings (SSSR count). The highest BCUT2D eigenvalue weighted by Gasteiger charge is 2.29. The van der Waals surface area contributed by atoms with Gasteiger partial charge in [-0.3, -0.25) is 14.7 Å². The summed E-state index contributed by atoms with van der Waals surface area (Å²) in [6.45, 7) is 9.72. The van der Waals surface area contributed by atoms with Crippen LogP contribution in [-0.4, -0.2) is 54.2 Å². The molecule has 0 atom stereocenters. The number of pyridine rings is 1. The van der Waals surface area contributed by atoms with E-state index in [2.05, 4.69) is 29.0 Å². The lowest BCUT2D eigenvalue weighted by Crippen LogP contribution is -2.55. The number of fused-ring (bicyclic) bond motifs is 1. The highest BCUT2D eigenvalue weighted by atomic mass is 19.1. The number of hydrogen-bond donors (Lipinski definition) is 1. The standard InChI is InChI=1S/C19H24FN3O2/c1-13-10-16(15-5-4-14(20)11-17(15)22-13)18(24)21-12-19(2,3)23-6-8-25-9-7-23/h4-5,10-11H,6-9,12H2,1-3H3,(H,21,24). The highest BCUT2D eigenvalue weighted by molar-refractivity contribution is 6.06. The van der Waals surface area contributed by atoms with Crippen LogP contribution in [0.15, 0.2) is 24.3 Å². The predicted molar refractivity (Wildman–Crippen MR) is 95.2 cm³/mol. The van der Waals surface area contributed by atoms with Gasteiger partial charge < -0.3 is 10.1 Å². The van der Waals surface area contributed by atoms with Gasteiger partial charge in [0.15, 0.2) is 0 Å². The fourth-order valence-electron chi connectivity index (χ4n) is 3.19. The van der Waals surface area contributed by atoms with Gasteiger partial charge in [0.05, 0.1) is 24.3 Å². The number of benzene rings is 1. The molecule has 1 amide bonds. The Morgan fingerprint density at radius 2 is 2.04 bits per heavy atom. The Morgan fingerprint density at radius 1 is 1.32 bits per heavy atom. The number of carbonyl (C=O) groups is 1. The molecule has 1 saturated heterocycles. The Labute approximate surface area is 147 Å². The second-order valence-corrected chi connectivity index (χ2v) is 7.07. The Bertz CT molecular complexity index is 780. The van der Waals surface area contributed by atoms with Gasteiger partial charge in [-0.2, -0.15) is 0 Å². The quantitative estimate of drug-likeness (QED) is 0.925. The number of carbonyl (C=O) groups excluding carboxylic acids is 1. The molecule has 2 aromatic rings. The molecule has 0 unspecified atom stereocenters. The van der Waals surface area contributed by atoms with Gasteiger partial charge in [-0.1, -0.05) is 0 Å². The zero-order valence-electron chi connectivity index (χ0n) is 14.9. The molecule has 6 heteroatoms. The molecule has 25 heavy (non-hydrogen) atoms. The number of morpholine rings is 1. The normalized spacial score (nSPS) is 16.2. The summed E-state index contributed by atoms with van der Waals surface area (Å²) in [5, 5.41) is 3.69. The Balaban J connectivity index is 1.78. The van der Waals surface area contributed by atoms with Gasteiger partial charge in [0.2, 0.25) is 0 Å². The fraction of sp³-hybridized carbons (Fsp3) is 0.474. The SMILES string of the molecule is Cc1cc(C(=O)NCC(C)(C)N2CCOCC2)c2ccc(F)cc2n1. The summed E-state index contributed by atoms with van der Waals surface area (Å²) in [5.74, 6) is -0.520. The third kappa shape index (κ3) is 3.96. The number of ether oxygens (including phenoxy) is 1. The van der Waals surface area contributed by atoms with E-state index in [1.54, 1.807) is 19.1 Å². The van der Waals surface area contributed by atoms with E-state index in [1.807, 2.05) is 0 Å². The minimum absolute atomic E-state index is 0.163. The number of amides is 1. The number of aryl methyl sites for hydroxylation is 1. The number of nitrogens with zero attached hydrogens (tertiary/aromatic N) is 2. The Morgan fingerprint density at radius 3 is 2.76 bits per heavy atom. The molecule has 1 aliphatic rings. The van der Waals surface area contributed by atoms with Crippen molar-refractivity contribution in [2.45, 2.75) is 26.3 Å². The van der Waals surface area contributed by atoms with Gasteiger partial charge in [0.25, 0.3) is 5.91 Å². The molecule has 1 aromatic carbocycles. The predicted octanol–water partition coefficient (Wildman–Crippen LogP) is 2.52. The maximum absolute atomic E-state index is 13.5. The van der Waals surface area contributed by atoms with E-state index in [0.717, 1.165) is 26.3 Å². The zero-order chi connectivity index (χ0) is 18.0. The number of rotatable bonds is 4. The van der Waals surface area contributed by atoms with Crippen LogP contribution in [0.25, 0.3) is 10.9 Å². The van der Waals surface area contributed by atoms with Crippen LogP contribution >= 0.6 is 0 Å². The molecule has 2 heterocycles. The van der Waals surface area contributed by atoms with E-state index >= 15 is 0 Å². The summed E-state index contributed by atoms with van der Waals surface area (Å²) in [6.07, 6.45) is 0. The first-order chi connectivity index (χ1) is 11.9. The van der Waals surface area contributed by atoms with Gasteiger partial charge in [0.1, 0.15) is 5.82 Å². The Hall–Kier alpha value is -2.05. The van der Waals surface area contributed by atoms with Crippen LogP contribution in [0.4, 0.5) is 4.39 Å². The molecule has 0 aliphatic carbocycles. The number of aromatic nitrogens is 1. The summed E-state index contributed by atoms with van der Waals surface area (Å²) < 4.78 is 18.8. The topological polar surface area (TPSA) is 54.5 Å². The molecule has 1 aromatic heterocycles. The van der Waals surface area contributed by atoms with Crippen LogP contribution in [0.5, 0.6) is 0 Å². The second-order valence-electron chi connectivity index (χ2n) is 7.07. The number of nitrogens with one attached hydrogen (secondary N) is 1. The Kier molecular flexibility index (Phi) is 5.01. The third-order valence-corrected chi connectivity index (χ3v) is 4.69. The lowest BCUT2D eigenvalue weighted by Gasteiger charge is -2.40. The average molecular weight is 345 g/mol. The van der Waals surface area contributed by atoms with Crippen LogP contribution in [0, 0.1) is 12.7 Å². The van der Waals surface area contributed by atoms with Crippen LogP contribution in [0.2, 0.25) is 0 Å². The first-order valence-corrected chi connectivity index (χ1v) is 8.55. The first kappa shape index (κ1) is 17.8. The minimum Gasteiger partial charge on any atom is -0.379 e. The second kappa shape index (κ2) is 7.06. The molecule has 1 aliphatic heterocycles. The largest absolute Gasteiger partial charge is 0.379 e. The zero-order valence-corrected chi connectivity index (χ0v) is 14.9. The van der Waals surface area contributed by atoms with Gasteiger partial charge in [0, 0.05) is 42.3 Å². The van der Waals surface area contributed by atoms with Crippen molar-refractivity contribution in [3.05, 3.63) is 41.3 Å². The molecule has 1 N–H and O–H groups in total. The summed E-state index contributed by atoms with van der Waals surface area (Å²) in [7, 11) is 0. The summed E-state index contributed by atoms with van der Waals surface area (Å²) in [4.78, 5) is 19.4. The van der Waals surface area contributed by atoms with E-state index < -0.39 is 0 Å². The van der Waals surface area contributed by atoms with Crippen LogP contribution < -0.4 is 5.32 Å². The number of hydrogen-bond acceptors (Lipinski definition) is 4. The molecule has 0 bridgehead atoms. The molecule has 1 fully saturated rings. The molecule has 0 spiro atoms. The maximum Gasteiger partial charge on any atom is 0.252 e. The molecular weight excluding hydrogens is 321 g/mol. The number of halogens is 1. The van der Waals surface area contributed by atoms with Crippen molar-refractivity contribution in [3.63, 3.8) is 0 Å². The molecule has 0 radical (unpaired) electrons. The van der Waals surface area contributed by atoms with Crippen LogP contribution in [0.1, 0.15) is 29.9 Å². The van der Waals surface area contributed by atoms with E-state index in [0.29, 0.717) is 28.7 Å². The first-order valence-electron chi connectivity index (χ1n) is 8.55. The van der Waals surface area contributed by atoms with Crippen LogP contribution in [-0.2, 0) is 4.74 Å². The van der Waals surface area contributed by atoms with Crippen molar-refractivity contribution in [2.75, 3.05) is 32.8 Å². The van der Waals surface area contributed by atoms with Gasteiger partial charge >= 0.3 is 0 Å². The lowest BCUT2D eigenvalue weighted by molar-refractivity contribution is -0.00922. The van der Waals surface area contributed by atoms with Crippen molar-refractivity contribution in [3.8, 4) is 0 Å². The van der Waals surface area contributed by atoms with E-state index in [1.165, 1.54) is 12.1 Å². The smallest absolute Gasteiger partial charge is 0.252 e. The van der Waals surface area contributed by atoms with Gasteiger partial charge in [-0.05, 0) is 39.0 Å². The van der Waals surface area contributed by atoms with Crippen molar-refractivity contribution in [1.82, 2.24) is 15.2 Å². The highest BCUT2D eigenvalue weighted by Crippen LogP contribution is 2.20. The molecule has 0 saturated carbocycles. The van der Waals surface area contributed by atoms with Gasteiger partial charge in [-0.25, -0.2) is 4.39 Å². The minimum atomic E-state index is -0.356. The van der Waals surface area contributed by atoms with Gasteiger partial charge in [-0.15, -0.1) is 0 Å². The molecular formula is C19H24FN3O2. The monoisotopic (exact) mass is 345 g/mol. The average Bonchev–Trinajstić information content (AvgIpc) is 2.59. The third-order valence-electron chi connectivity index (χ3n) is 4.69. The summed E-state index contributed by atoms with van der Waals surface area (Å²) in [5.41, 5.74) is 1.55. The van der Waals surface area contributed by atoms with Crippen molar-refractivity contribution < 1.29 is 13.9 Å². The summed E-state index contributed by atoms with van der Waals surface area (Å²) in [6, 6.07) is 6.07. The van der Waals surface area contributed by atoms with Crippen LogP contribution in [0.3, 0.4) is 0 Å². The fourth-order valence-corrected chi connectivity index (χ4v) is 3.19. The lowest BCUT2D eigenvalue weighted by atomic mass is 10.0. The van der Waals surface area contributed by atoms with E-state index in [9.17, 15) is 9.18 Å². The van der Waals surface area contributed by atoms with Crippen molar-refractivity contribution >= 4 is 16.8 Å². The van der Waals surface area contributed by atoms with E-state index in [-0.39, 0.29) is 17.3 Å². The van der Waals surface area contributed by atoms with Crippen molar-refractivity contribution in [1.29, 1.82) is 0 Å². The molecule has 134 valence electrons. The summed E-state index contributed by atoms with van der Waals surface area (Å²) >= 11 is 0. The molecule has 5 nitrogen and oxygen atoms in total. The van der Waals surface area contributed by atoms with Crippen molar-refractivity contribution in [2.24, 2.45) is 0 Å². The maximum atomic E-state index is 13.5. The van der Waals surface area contributed by atoms with E-state index in [4.69, 9.17) is 4.74 Å².